The highest BCUT2D eigenvalue weighted by Gasteiger charge is 2.20. The van der Waals surface area contributed by atoms with Crippen LogP contribution in [0.1, 0.15) is 29.5 Å². The Bertz CT molecular complexity index is 733. The van der Waals surface area contributed by atoms with Crippen LogP contribution in [0.4, 0.5) is 5.69 Å². The molecule has 8 heteroatoms. The maximum absolute atomic E-state index is 12.6. The largest absolute Gasteiger partial charge is 0.495 e. The highest BCUT2D eigenvalue weighted by atomic mass is 35.5. The number of halogens is 1. The molecule has 0 unspecified atom stereocenters. The average molecular weight is 382 g/mol. The number of methoxy groups -OCH3 is 1. The molecule has 142 valence electrons. The fraction of sp³-hybridized carbons (Fsp3) is 0.333. The van der Waals surface area contributed by atoms with Crippen LogP contribution in [0.15, 0.2) is 41.0 Å². The van der Waals surface area contributed by atoms with Crippen molar-refractivity contribution in [3.63, 3.8) is 0 Å². The summed E-state index contributed by atoms with van der Waals surface area (Å²) < 4.78 is 10.4. The molecule has 0 fully saturated rings. The number of hydrogen-bond donors (Lipinski definition) is 2. The van der Waals surface area contributed by atoms with E-state index in [2.05, 4.69) is 5.32 Å². The van der Waals surface area contributed by atoms with E-state index >= 15 is 0 Å². The van der Waals surface area contributed by atoms with E-state index in [0.717, 1.165) is 6.42 Å². The van der Waals surface area contributed by atoms with E-state index in [1.165, 1.54) is 18.3 Å². The molecule has 0 saturated heterocycles. The molecule has 0 radical (unpaired) electrons. The first kappa shape index (κ1) is 21.5. The van der Waals surface area contributed by atoms with Gasteiger partial charge < -0.3 is 25.1 Å². The van der Waals surface area contributed by atoms with Crippen molar-refractivity contribution in [2.24, 2.45) is 5.73 Å². The predicted octanol–water partition coefficient (Wildman–Crippen LogP) is 2.66. The summed E-state index contributed by atoms with van der Waals surface area (Å²) in [4.78, 5) is 26.4. The minimum Gasteiger partial charge on any atom is -0.495 e. The number of benzene rings is 1. The van der Waals surface area contributed by atoms with Gasteiger partial charge in [-0.25, -0.2) is 0 Å². The highest BCUT2D eigenvalue weighted by Crippen LogP contribution is 2.23. The third-order valence-corrected chi connectivity index (χ3v) is 3.60. The molecule has 1 heterocycles. The lowest BCUT2D eigenvalue weighted by atomic mass is 10.2. The zero-order valence-electron chi connectivity index (χ0n) is 14.9. The number of nitrogens with two attached hydrogens (primary N) is 1. The van der Waals surface area contributed by atoms with Crippen LogP contribution in [-0.4, -0.2) is 36.9 Å². The zero-order valence-corrected chi connectivity index (χ0v) is 15.7. The Morgan fingerprint density at radius 1 is 1.31 bits per heavy atom. The molecule has 0 spiro atoms. The number of rotatable bonds is 8. The van der Waals surface area contributed by atoms with Gasteiger partial charge in [0.25, 0.3) is 5.91 Å². The smallest absolute Gasteiger partial charge is 0.257 e. The predicted molar refractivity (Wildman–Crippen MR) is 102 cm³/mol. The lowest BCUT2D eigenvalue weighted by Crippen LogP contribution is -2.38. The number of hydrogen-bond acceptors (Lipinski definition) is 5. The molecule has 7 nitrogen and oxygen atoms in total. The monoisotopic (exact) mass is 381 g/mol. The maximum Gasteiger partial charge on any atom is 0.257 e. The Morgan fingerprint density at radius 3 is 2.65 bits per heavy atom. The third-order valence-electron chi connectivity index (χ3n) is 3.60. The summed E-state index contributed by atoms with van der Waals surface area (Å²) in [6.45, 7) is 2.56. The normalized spacial score (nSPS) is 9.96. The first-order chi connectivity index (χ1) is 12.1. The Labute approximate surface area is 158 Å². The molecule has 0 saturated carbocycles. The second-order valence-electron chi connectivity index (χ2n) is 5.48. The van der Waals surface area contributed by atoms with Crippen molar-refractivity contribution in [3.8, 4) is 5.75 Å². The van der Waals surface area contributed by atoms with Crippen LogP contribution >= 0.6 is 12.4 Å². The number of ether oxygens (including phenoxy) is 1. The molecule has 0 aliphatic heterocycles. The van der Waals surface area contributed by atoms with E-state index in [1.54, 1.807) is 24.3 Å². The van der Waals surface area contributed by atoms with Gasteiger partial charge in [0.15, 0.2) is 0 Å². The average Bonchev–Trinajstić information content (AvgIpc) is 3.10. The Kier molecular flexibility index (Phi) is 8.67. The molecule has 0 aliphatic carbocycles. The van der Waals surface area contributed by atoms with Gasteiger partial charge in [-0.3, -0.25) is 9.59 Å². The molecule has 2 amide bonds. The van der Waals surface area contributed by atoms with E-state index in [4.69, 9.17) is 14.9 Å². The summed E-state index contributed by atoms with van der Waals surface area (Å²) >= 11 is 0. The van der Waals surface area contributed by atoms with Crippen molar-refractivity contribution in [3.05, 3.63) is 47.9 Å². The van der Waals surface area contributed by atoms with Crippen LogP contribution in [0.3, 0.4) is 0 Å². The number of carbonyl (C=O) groups excluding carboxylic acids is 2. The van der Waals surface area contributed by atoms with E-state index in [9.17, 15) is 9.59 Å². The zero-order chi connectivity index (χ0) is 18.2. The van der Waals surface area contributed by atoms with E-state index in [-0.39, 0.29) is 37.3 Å². The SMILES string of the molecule is CCCN(CC(=O)Nc1ccccc1OC)C(=O)c1coc(CN)c1.Cl. The molecular weight excluding hydrogens is 358 g/mol. The first-order valence-corrected chi connectivity index (χ1v) is 8.08. The van der Waals surface area contributed by atoms with E-state index < -0.39 is 0 Å². The van der Waals surface area contributed by atoms with Crippen molar-refractivity contribution >= 4 is 29.9 Å². The van der Waals surface area contributed by atoms with Gasteiger partial charge in [0, 0.05) is 6.54 Å². The summed E-state index contributed by atoms with van der Waals surface area (Å²) in [5.41, 5.74) is 6.45. The molecule has 0 aliphatic rings. The van der Waals surface area contributed by atoms with Gasteiger partial charge in [-0.05, 0) is 24.6 Å². The third kappa shape index (κ3) is 5.50. The maximum atomic E-state index is 12.6. The molecule has 0 atom stereocenters. The van der Waals surface area contributed by atoms with Gasteiger partial charge >= 0.3 is 0 Å². The fourth-order valence-electron chi connectivity index (χ4n) is 2.42. The fourth-order valence-corrected chi connectivity index (χ4v) is 2.42. The van der Waals surface area contributed by atoms with Crippen molar-refractivity contribution < 1.29 is 18.7 Å². The lowest BCUT2D eigenvalue weighted by Gasteiger charge is -2.21. The van der Waals surface area contributed by atoms with Crippen LogP contribution in [0.2, 0.25) is 0 Å². The number of nitrogens with zero attached hydrogens (tertiary/aromatic N) is 1. The van der Waals surface area contributed by atoms with Gasteiger partial charge in [0.2, 0.25) is 5.91 Å². The van der Waals surface area contributed by atoms with Crippen molar-refractivity contribution in [1.82, 2.24) is 4.90 Å². The van der Waals surface area contributed by atoms with Crippen LogP contribution in [0, 0.1) is 0 Å². The minimum atomic E-state index is -0.297. The van der Waals surface area contributed by atoms with Gasteiger partial charge in [0.1, 0.15) is 24.3 Å². The summed E-state index contributed by atoms with van der Waals surface area (Å²) in [6.07, 6.45) is 2.10. The molecule has 0 bridgehead atoms. The number of anilines is 1. The number of nitrogens with one attached hydrogen (secondary N) is 1. The van der Waals surface area contributed by atoms with Crippen molar-refractivity contribution in [2.45, 2.75) is 19.9 Å². The molecule has 3 N–H and O–H groups in total. The summed E-state index contributed by atoms with van der Waals surface area (Å²) in [7, 11) is 1.53. The molecular formula is C18H24ClN3O4. The Hall–Kier alpha value is -2.51. The molecule has 1 aromatic carbocycles. The van der Waals surface area contributed by atoms with E-state index in [0.29, 0.717) is 29.3 Å². The number of carbonyl (C=O) groups is 2. The summed E-state index contributed by atoms with van der Waals surface area (Å²) in [5, 5.41) is 2.77. The summed E-state index contributed by atoms with van der Waals surface area (Å²) in [5.74, 6) is 0.527. The number of furan rings is 1. The molecule has 26 heavy (non-hydrogen) atoms. The summed E-state index contributed by atoms with van der Waals surface area (Å²) in [6, 6.07) is 8.71. The van der Waals surface area contributed by atoms with Crippen LogP contribution < -0.4 is 15.8 Å². The second kappa shape index (κ2) is 10.5. The minimum absolute atomic E-state index is 0. The van der Waals surface area contributed by atoms with Crippen LogP contribution in [0.25, 0.3) is 0 Å². The van der Waals surface area contributed by atoms with Gasteiger partial charge in [0.05, 0.1) is 24.9 Å². The van der Waals surface area contributed by atoms with Crippen molar-refractivity contribution in [2.75, 3.05) is 25.5 Å². The second-order valence-corrected chi connectivity index (χ2v) is 5.48. The highest BCUT2D eigenvalue weighted by molar-refractivity contribution is 5.99. The first-order valence-electron chi connectivity index (χ1n) is 8.08. The standard InChI is InChI=1S/C18H23N3O4.ClH/c1-3-8-21(18(23)13-9-14(10-19)25-12-13)11-17(22)20-15-6-4-5-7-16(15)24-2;/h4-7,9,12H,3,8,10-11,19H2,1-2H3,(H,20,22);1H. The van der Waals surface area contributed by atoms with Gasteiger partial charge in [-0.15, -0.1) is 12.4 Å². The number of amides is 2. The Balaban J connectivity index is 0.00000338. The van der Waals surface area contributed by atoms with E-state index in [1.807, 2.05) is 13.0 Å². The van der Waals surface area contributed by atoms with Gasteiger partial charge in [-0.1, -0.05) is 19.1 Å². The lowest BCUT2D eigenvalue weighted by molar-refractivity contribution is -0.116. The molecule has 2 aromatic rings. The Morgan fingerprint density at radius 2 is 2.04 bits per heavy atom. The number of para-hydroxylation sites is 2. The molecule has 1 aromatic heterocycles. The molecule has 2 rings (SSSR count). The topological polar surface area (TPSA) is 97.8 Å². The van der Waals surface area contributed by atoms with Crippen LogP contribution in [0.5, 0.6) is 5.75 Å². The van der Waals surface area contributed by atoms with Crippen LogP contribution in [-0.2, 0) is 11.3 Å². The quantitative estimate of drug-likeness (QED) is 0.732. The van der Waals surface area contributed by atoms with Gasteiger partial charge in [-0.2, -0.15) is 0 Å². The van der Waals surface area contributed by atoms with Crippen molar-refractivity contribution in [1.29, 1.82) is 0 Å².